The van der Waals surface area contributed by atoms with Gasteiger partial charge in [0.25, 0.3) is 0 Å². The molecule has 0 amide bonds. The molecular weight excluding hydrogens is 564 g/mol. The molecule has 3 aromatic rings. The summed E-state index contributed by atoms with van der Waals surface area (Å²) in [6, 6.07) is 9.57. The number of nitrogens with one attached hydrogen (secondary N) is 1. The Morgan fingerprint density at radius 1 is 1.16 bits per heavy atom. The Bertz CT molecular complexity index is 1560. The monoisotopic (exact) mass is 598 g/mol. The number of hydrogen-bond acceptors (Lipinski definition) is 6. The van der Waals surface area contributed by atoms with Gasteiger partial charge in [-0.05, 0) is 47.6 Å². The van der Waals surface area contributed by atoms with E-state index in [1.807, 2.05) is 19.9 Å². The normalized spacial score (nSPS) is 24.0. The molecule has 10 heteroatoms. The average Bonchev–Trinajstić information content (AvgIpc) is 3.54. The van der Waals surface area contributed by atoms with Crippen LogP contribution < -0.4 is 10.1 Å². The second kappa shape index (κ2) is 10.9. The molecule has 1 saturated carbocycles. The van der Waals surface area contributed by atoms with Gasteiger partial charge in [0, 0.05) is 48.4 Å². The van der Waals surface area contributed by atoms with Crippen molar-refractivity contribution >= 4 is 5.97 Å². The number of benzene rings is 2. The number of rotatable bonds is 8. The number of alkyl halides is 3. The molecule has 2 aromatic carbocycles. The highest BCUT2D eigenvalue weighted by atomic mass is 19.4. The number of aromatic nitrogens is 1. The largest absolute Gasteiger partial charge is 0.473 e. The summed E-state index contributed by atoms with van der Waals surface area (Å²) in [5, 5.41) is 3.17. The van der Waals surface area contributed by atoms with Crippen molar-refractivity contribution in [1.29, 1.82) is 0 Å². The molecule has 1 aromatic heterocycles. The van der Waals surface area contributed by atoms with Gasteiger partial charge in [0.15, 0.2) is 0 Å². The summed E-state index contributed by atoms with van der Waals surface area (Å²) < 4.78 is 74.4. The van der Waals surface area contributed by atoms with E-state index in [0.29, 0.717) is 31.0 Å². The van der Waals surface area contributed by atoms with Crippen molar-refractivity contribution in [2.75, 3.05) is 20.3 Å². The minimum Gasteiger partial charge on any atom is -0.473 e. The van der Waals surface area contributed by atoms with E-state index >= 15 is 4.39 Å². The van der Waals surface area contributed by atoms with E-state index in [1.165, 1.54) is 18.2 Å². The van der Waals surface area contributed by atoms with E-state index in [1.54, 1.807) is 32.4 Å². The van der Waals surface area contributed by atoms with Crippen molar-refractivity contribution < 1.29 is 36.6 Å². The maximum absolute atomic E-state index is 16.2. The Labute approximate surface area is 247 Å². The van der Waals surface area contributed by atoms with Gasteiger partial charge in [-0.3, -0.25) is 4.79 Å². The van der Waals surface area contributed by atoms with Crippen LogP contribution in [0, 0.1) is 17.7 Å². The van der Waals surface area contributed by atoms with E-state index in [2.05, 4.69) is 10.3 Å². The van der Waals surface area contributed by atoms with Crippen LogP contribution >= 0.6 is 0 Å². The van der Waals surface area contributed by atoms with Gasteiger partial charge in [0.05, 0.1) is 24.1 Å². The van der Waals surface area contributed by atoms with Gasteiger partial charge in [-0.2, -0.15) is 13.2 Å². The molecule has 0 saturated heterocycles. The number of pyridine rings is 1. The van der Waals surface area contributed by atoms with Gasteiger partial charge in [-0.1, -0.05) is 44.2 Å². The number of ether oxygens (including phenoxy) is 3. The summed E-state index contributed by atoms with van der Waals surface area (Å²) in [6.07, 6.45) is -2.48. The molecule has 2 unspecified atom stereocenters. The fraction of sp³-hybridized carbons (Fsp3) is 0.455. The first-order valence-electron chi connectivity index (χ1n) is 14.4. The third-order valence-corrected chi connectivity index (χ3v) is 8.95. The lowest BCUT2D eigenvalue weighted by atomic mass is 9.74. The molecule has 6 nitrogen and oxygen atoms in total. The number of carbonyl (C=O) groups is 1. The van der Waals surface area contributed by atoms with Crippen LogP contribution in [0.1, 0.15) is 71.7 Å². The Balaban J connectivity index is 1.21. The molecule has 2 aliphatic carbocycles. The Hall–Kier alpha value is -3.50. The van der Waals surface area contributed by atoms with Crippen molar-refractivity contribution in [3.8, 4) is 5.88 Å². The maximum Gasteiger partial charge on any atom is 0.416 e. The topological polar surface area (TPSA) is 69.7 Å². The van der Waals surface area contributed by atoms with Crippen LogP contribution in [0.5, 0.6) is 5.88 Å². The molecule has 228 valence electrons. The van der Waals surface area contributed by atoms with Crippen LogP contribution in [0.3, 0.4) is 0 Å². The third kappa shape index (κ3) is 5.40. The summed E-state index contributed by atoms with van der Waals surface area (Å²) in [4.78, 5) is 17.0. The molecule has 5 atom stereocenters. The van der Waals surface area contributed by atoms with Crippen LogP contribution in [0.15, 0.2) is 48.7 Å². The lowest BCUT2D eigenvalue weighted by Gasteiger charge is -2.39. The van der Waals surface area contributed by atoms with Crippen molar-refractivity contribution in [1.82, 2.24) is 10.3 Å². The third-order valence-electron chi connectivity index (χ3n) is 8.95. The number of nitrogens with zero attached hydrogens (tertiary/aromatic N) is 1. The van der Waals surface area contributed by atoms with Gasteiger partial charge >= 0.3 is 12.1 Å². The van der Waals surface area contributed by atoms with Crippen LogP contribution in [0.2, 0.25) is 0 Å². The fourth-order valence-electron chi connectivity index (χ4n) is 6.81. The van der Waals surface area contributed by atoms with Gasteiger partial charge in [-0.15, -0.1) is 0 Å². The summed E-state index contributed by atoms with van der Waals surface area (Å²) in [5.41, 5.74) is 1.83. The molecule has 0 bridgehead atoms. The van der Waals surface area contributed by atoms with Crippen LogP contribution in [-0.4, -0.2) is 37.3 Å². The highest BCUT2D eigenvalue weighted by Gasteiger charge is 2.60. The summed E-state index contributed by atoms with van der Waals surface area (Å²) >= 11 is 0. The maximum atomic E-state index is 16.2. The second-order valence-electron chi connectivity index (χ2n) is 12.4. The van der Waals surface area contributed by atoms with Crippen molar-refractivity contribution in [3.05, 3.63) is 93.4 Å². The summed E-state index contributed by atoms with van der Waals surface area (Å²) in [6.45, 7) is 6.25. The Kier molecular flexibility index (Phi) is 7.49. The van der Waals surface area contributed by atoms with Crippen molar-refractivity contribution in [3.63, 3.8) is 0 Å². The zero-order chi connectivity index (χ0) is 30.7. The molecule has 0 spiro atoms. The highest BCUT2D eigenvalue weighted by molar-refractivity contribution is 5.79. The summed E-state index contributed by atoms with van der Waals surface area (Å²) in [5.74, 6) is -0.432. The van der Waals surface area contributed by atoms with Gasteiger partial charge in [-0.25, -0.2) is 9.37 Å². The van der Waals surface area contributed by atoms with E-state index in [-0.39, 0.29) is 53.1 Å². The first kappa shape index (κ1) is 29.6. The van der Waals surface area contributed by atoms with E-state index in [9.17, 15) is 18.0 Å². The van der Waals surface area contributed by atoms with Crippen molar-refractivity contribution in [2.45, 2.75) is 63.5 Å². The smallest absolute Gasteiger partial charge is 0.416 e. The zero-order valence-corrected chi connectivity index (χ0v) is 24.4. The van der Waals surface area contributed by atoms with E-state index in [4.69, 9.17) is 14.2 Å². The average molecular weight is 599 g/mol. The van der Waals surface area contributed by atoms with Gasteiger partial charge in [0.2, 0.25) is 5.88 Å². The highest BCUT2D eigenvalue weighted by Crippen LogP contribution is 2.62. The lowest BCUT2D eigenvalue weighted by Crippen LogP contribution is -2.43. The van der Waals surface area contributed by atoms with Crippen LogP contribution in [0.4, 0.5) is 17.6 Å². The second-order valence-corrected chi connectivity index (χ2v) is 12.4. The standard InChI is InChI=1S/C33H34F4N2O4/c1-17(14-41-4)43-31(40)27-21-11-19-12-25(38-13-22(19)26(21)27)42-15-18-9-10-24-28(29(18)34)30(39-16-32(24,2)3)20-7-5-6-8-23(20)33(35,36)37/h5-10,12-13,17,21,26-27,30,39H,11,14-16H2,1-4H3/t17?,21-,26-,27+,30?/m1/s1. The zero-order valence-electron chi connectivity index (χ0n) is 24.4. The minimum atomic E-state index is -4.58. The SMILES string of the molecule is COCC(C)OC(=O)[C@H]1[C@@H]2Cc3cc(OCc4ccc5c(c4F)C(c4ccccc4C(F)(F)F)NCC5(C)C)ncc3[C@@H]21. The Morgan fingerprint density at radius 2 is 1.93 bits per heavy atom. The molecule has 1 fully saturated rings. The molecule has 6 rings (SSSR count). The predicted octanol–water partition coefficient (Wildman–Crippen LogP) is 6.25. The number of carbonyl (C=O) groups excluding carboxylic acids is 1. The number of methoxy groups -OCH3 is 1. The number of fused-ring (bicyclic) bond motifs is 4. The quantitative estimate of drug-likeness (QED) is 0.244. The molecule has 1 N–H and O–H groups in total. The molecule has 3 aliphatic rings. The number of hydrogen-bond donors (Lipinski definition) is 1. The van der Waals surface area contributed by atoms with Gasteiger partial charge < -0.3 is 19.5 Å². The predicted molar refractivity (Wildman–Crippen MR) is 150 cm³/mol. The molecule has 0 radical (unpaired) electrons. The van der Waals surface area contributed by atoms with E-state index in [0.717, 1.165) is 17.2 Å². The van der Waals surface area contributed by atoms with Crippen LogP contribution in [0.25, 0.3) is 0 Å². The first-order valence-corrected chi connectivity index (χ1v) is 14.4. The lowest BCUT2D eigenvalue weighted by molar-refractivity contribution is -0.152. The minimum absolute atomic E-state index is 0.0158. The fourth-order valence-corrected chi connectivity index (χ4v) is 6.81. The Morgan fingerprint density at radius 3 is 2.67 bits per heavy atom. The molecule has 1 aliphatic heterocycles. The number of esters is 1. The summed E-state index contributed by atoms with van der Waals surface area (Å²) in [7, 11) is 1.56. The number of halogens is 4. The first-order chi connectivity index (χ1) is 20.4. The van der Waals surface area contributed by atoms with Crippen molar-refractivity contribution in [2.24, 2.45) is 11.8 Å². The molecule has 2 heterocycles. The van der Waals surface area contributed by atoms with E-state index < -0.39 is 29.0 Å². The molecular formula is C33H34F4N2O4. The molecule has 43 heavy (non-hydrogen) atoms. The van der Waals surface area contributed by atoms with Gasteiger partial charge in [0.1, 0.15) is 18.5 Å². The van der Waals surface area contributed by atoms with Crippen LogP contribution in [-0.2, 0) is 38.9 Å².